The van der Waals surface area contributed by atoms with Gasteiger partial charge in [0, 0.05) is 6.42 Å². The van der Waals surface area contributed by atoms with Gasteiger partial charge in [-0.05, 0) is 24.6 Å². The van der Waals surface area contributed by atoms with Gasteiger partial charge in [-0.2, -0.15) is 5.26 Å². The third-order valence-corrected chi connectivity index (χ3v) is 3.98. The zero-order chi connectivity index (χ0) is 14.3. The number of benzene rings is 1. The van der Waals surface area contributed by atoms with Crippen LogP contribution in [0.1, 0.15) is 29.3 Å². The summed E-state index contributed by atoms with van der Waals surface area (Å²) < 4.78 is 28.1. The lowest BCUT2D eigenvalue weighted by atomic mass is 10.1. The number of rotatable bonds is 6. The van der Waals surface area contributed by atoms with E-state index in [1.165, 1.54) is 12.1 Å². The van der Waals surface area contributed by atoms with E-state index in [4.69, 9.17) is 10.00 Å². The molecule has 0 amide bonds. The van der Waals surface area contributed by atoms with Crippen LogP contribution >= 0.6 is 0 Å². The fourth-order valence-electron chi connectivity index (χ4n) is 1.48. The van der Waals surface area contributed by atoms with E-state index < -0.39 is 15.8 Å². The normalized spacial score (nSPS) is 10.7. The number of nitrogens with zero attached hydrogens (tertiary/aromatic N) is 1. The van der Waals surface area contributed by atoms with Crippen LogP contribution in [-0.4, -0.2) is 26.7 Å². The molecule has 0 aliphatic rings. The van der Waals surface area contributed by atoms with Crippen molar-refractivity contribution in [3.8, 4) is 6.07 Å². The molecular formula is C13H15NO4S. The molecule has 0 fully saturated rings. The van der Waals surface area contributed by atoms with E-state index >= 15 is 0 Å². The van der Waals surface area contributed by atoms with Crippen LogP contribution in [0.5, 0.6) is 0 Å². The predicted molar refractivity (Wildman–Crippen MR) is 70.1 cm³/mol. The van der Waals surface area contributed by atoms with Crippen molar-refractivity contribution in [1.82, 2.24) is 0 Å². The molecule has 0 saturated carbocycles. The van der Waals surface area contributed by atoms with E-state index in [1.807, 2.05) is 6.07 Å². The number of nitriles is 1. The van der Waals surface area contributed by atoms with E-state index in [0.717, 1.165) is 0 Å². The summed E-state index contributed by atoms with van der Waals surface area (Å²) in [6, 6.07) is 8.04. The third kappa shape index (κ3) is 5.10. The minimum Gasteiger partial charge on any atom is -0.462 e. The number of sulfone groups is 1. The molecule has 0 N–H and O–H groups in total. The van der Waals surface area contributed by atoms with Gasteiger partial charge in [0.05, 0.1) is 29.7 Å². The van der Waals surface area contributed by atoms with Crippen molar-refractivity contribution in [3.05, 3.63) is 35.4 Å². The Hall–Kier alpha value is -1.87. The van der Waals surface area contributed by atoms with Gasteiger partial charge in [-0.3, -0.25) is 0 Å². The Kier molecular flexibility index (Phi) is 5.52. The second-order valence-electron chi connectivity index (χ2n) is 3.92. The summed E-state index contributed by atoms with van der Waals surface area (Å²) in [5.74, 6) is -0.706. The van der Waals surface area contributed by atoms with Crippen LogP contribution in [0.2, 0.25) is 0 Å². The fraction of sp³-hybridized carbons (Fsp3) is 0.385. The SMILES string of the molecule is CCOC(=O)c1ccc(CS(=O)(=O)CCC#N)cc1. The van der Waals surface area contributed by atoms with E-state index in [-0.39, 0.29) is 17.9 Å². The maximum Gasteiger partial charge on any atom is 0.338 e. The lowest BCUT2D eigenvalue weighted by Crippen LogP contribution is -2.09. The van der Waals surface area contributed by atoms with Crippen LogP contribution in [0.25, 0.3) is 0 Å². The molecule has 0 aliphatic carbocycles. The second-order valence-corrected chi connectivity index (χ2v) is 6.10. The van der Waals surface area contributed by atoms with Crippen molar-refractivity contribution in [3.63, 3.8) is 0 Å². The Morgan fingerprint density at radius 1 is 1.32 bits per heavy atom. The Bertz CT molecular complexity index is 570. The maximum absolute atomic E-state index is 11.6. The van der Waals surface area contributed by atoms with Crippen LogP contribution in [-0.2, 0) is 20.3 Å². The molecule has 1 aromatic carbocycles. The highest BCUT2D eigenvalue weighted by Crippen LogP contribution is 2.10. The minimum atomic E-state index is -3.28. The standard InChI is InChI=1S/C13H15NO4S/c1-2-18-13(15)12-6-4-11(5-7-12)10-19(16,17)9-3-8-14/h4-7H,2-3,9-10H2,1H3. The molecule has 0 saturated heterocycles. The molecular weight excluding hydrogens is 266 g/mol. The fourth-order valence-corrected chi connectivity index (χ4v) is 2.73. The molecule has 5 nitrogen and oxygen atoms in total. The number of carbonyl (C=O) groups excluding carboxylic acids is 1. The van der Waals surface area contributed by atoms with Gasteiger partial charge in [-0.1, -0.05) is 12.1 Å². The van der Waals surface area contributed by atoms with Gasteiger partial charge >= 0.3 is 5.97 Å². The van der Waals surface area contributed by atoms with Gasteiger partial charge in [0.1, 0.15) is 0 Å². The molecule has 0 aliphatic heterocycles. The molecule has 0 spiro atoms. The van der Waals surface area contributed by atoms with Gasteiger partial charge < -0.3 is 4.74 Å². The summed E-state index contributed by atoms with van der Waals surface area (Å²) >= 11 is 0. The number of esters is 1. The highest BCUT2D eigenvalue weighted by atomic mass is 32.2. The number of hydrogen-bond donors (Lipinski definition) is 0. The molecule has 0 radical (unpaired) electrons. The first kappa shape index (κ1) is 15.2. The summed E-state index contributed by atoms with van der Waals surface area (Å²) in [5.41, 5.74) is 0.978. The molecule has 0 heterocycles. The van der Waals surface area contributed by atoms with Crippen molar-refractivity contribution in [2.45, 2.75) is 19.1 Å². The summed E-state index contributed by atoms with van der Waals surface area (Å²) in [5, 5.41) is 8.38. The minimum absolute atomic E-state index is 0.0107. The first-order valence-electron chi connectivity index (χ1n) is 5.82. The molecule has 19 heavy (non-hydrogen) atoms. The first-order chi connectivity index (χ1) is 8.98. The Morgan fingerprint density at radius 3 is 2.47 bits per heavy atom. The van der Waals surface area contributed by atoms with Crippen LogP contribution in [0.15, 0.2) is 24.3 Å². The largest absolute Gasteiger partial charge is 0.462 e. The molecule has 0 aromatic heterocycles. The Balaban J connectivity index is 2.72. The van der Waals surface area contributed by atoms with Crippen molar-refractivity contribution in [2.75, 3.05) is 12.4 Å². The summed E-state index contributed by atoms with van der Waals surface area (Å²) in [6.07, 6.45) is -0.0107. The molecule has 1 aromatic rings. The van der Waals surface area contributed by atoms with Gasteiger partial charge in [-0.15, -0.1) is 0 Å². The van der Waals surface area contributed by atoms with Crippen LogP contribution < -0.4 is 0 Å². The average molecular weight is 281 g/mol. The van der Waals surface area contributed by atoms with E-state index in [2.05, 4.69) is 0 Å². The smallest absolute Gasteiger partial charge is 0.338 e. The van der Waals surface area contributed by atoms with E-state index in [0.29, 0.717) is 17.7 Å². The molecule has 102 valence electrons. The average Bonchev–Trinajstić information content (AvgIpc) is 2.37. The van der Waals surface area contributed by atoms with E-state index in [9.17, 15) is 13.2 Å². The zero-order valence-electron chi connectivity index (χ0n) is 10.6. The van der Waals surface area contributed by atoms with Gasteiger partial charge in [-0.25, -0.2) is 13.2 Å². The van der Waals surface area contributed by atoms with Crippen LogP contribution in [0.3, 0.4) is 0 Å². The molecule has 6 heteroatoms. The quantitative estimate of drug-likeness (QED) is 0.741. The predicted octanol–water partition coefficient (Wildman–Crippen LogP) is 1.69. The molecule has 1 rings (SSSR count). The van der Waals surface area contributed by atoms with E-state index in [1.54, 1.807) is 19.1 Å². The Morgan fingerprint density at radius 2 is 1.95 bits per heavy atom. The summed E-state index contributed by atoms with van der Waals surface area (Å²) in [4.78, 5) is 11.4. The molecule has 0 bridgehead atoms. The highest BCUT2D eigenvalue weighted by Gasteiger charge is 2.12. The molecule has 0 unspecified atom stereocenters. The lowest BCUT2D eigenvalue weighted by Gasteiger charge is -2.04. The van der Waals surface area contributed by atoms with Crippen LogP contribution in [0.4, 0.5) is 0 Å². The Labute approximate surface area is 112 Å². The van der Waals surface area contributed by atoms with Gasteiger partial charge in [0.25, 0.3) is 0 Å². The number of carbonyl (C=O) groups is 1. The summed E-state index contributed by atoms with van der Waals surface area (Å²) in [7, 11) is -3.28. The topological polar surface area (TPSA) is 84.2 Å². The zero-order valence-corrected chi connectivity index (χ0v) is 11.4. The first-order valence-corrected chi connectivity index (χ1v) is 7.64. The van der Waals surface area contributed by atoms with Crippen LogP contribution in [0, 0.1) is 11.3 Å². The van der Waals surface area contributed by atoms with Gasteiger partial charge in [0.2, 0.25) is 0 Å². The summed E-state index contributed by atoms with van der Waals surface area (Å²) in [6.45, 7) is 2.01. The van der Waals surface area contributed by atoms with Crippen molar-refractivity contribution >= 4 is 15.8 Å². The maximum atomic E-state index is 11.6. The van der Waals surface area contributed by atoms with Gasteiger partial charge in [0.15, 0.2) is 9.84 Å². The number of ether oxygens (including phenoxy) is 1. The van der Waals surface area contributed by atoms with Crippen molar-refractivity contribution < 1.29 is 17.9 Å². The van der Waals surface area contributed by atoms with Crippen molar-refractivity contribution in [1.29, 1.82) is 5.26 Å². The monoisotopic (exact) mass is 281 g/mol. The second kappa shape index (κ2) is 6.90. The molecule has 0 atom stereocenters. The van der Waals surface area contributed by atoms with Crippen molar-refractivity contribution in [2.24, 2.45) is 0 Å². The number of hydrogen-bond acceptors (Lipinski definition) is 5. The highest BCUT2D eigenvalue weighted by molar-refractivity contribution is 7.90. The third-order valence-electron chi connectivity index (χ3n) is 2.38. The lowest BCUT2D eigenvalue weighted by molar-refractivity contribution is 0.0526.